The largest absolute Gasteiger partial charge is 0.311 e. The summed E-state index contributed by atoms with van der Waals surface area (Å²) in [7, 11) is -3.27. The van der Waals surface area contributed by atoms with Crippen LogP contribution in [0.3, 0.4) is 0 Å². The molecule has 0 amide bonds. The van der Waals surface area contributed by atoms with Crippen LogP contribution in [0.4, 0.5) is 5.69 Å². The first-order valence-electron chi connectivity index (χ1n) is 5.96. The number of nitrogens with one attached hydrogen (secondary N) is 2. The van der Waals surface area contributed by atoms with E-state index >= 15 is 0 Å². The predicted molar refractivity (Wildman–Crippen MR) is 80.0 cm³/mol. The van der Waals surface area contributed by atoms with Gasteiger partial charge in [-0.25, -0.2) is 13.1 Å². The molecule has 112 valence electrons. The highest BCUT2D eigenvalue weighted by Crippen LogP contribution is 2.23. The molecule has 1 rings (SSSR count). The lowest BCUT2D eigenvalue weighted by molar-refractivity contribution is -0.385. The van der Waals surface area contributed by atoms with Gasteiger partial charge in [-0.05, 0) is 12.1 Å². The molecule has 0 saturated heterocycles. The average molecular weight is 366 g/mol. The molecule has 0 aliphatic carbocycles. The van der Waals surface area contributed by atoms with Gasteiger partial charge in [0.2, 0.25) is 10.0 Å². The van der Waals surface area contributed by atoms with Crippen molar-refractivity contribution in [1.29, 1.82) is 0 Å². The van der Waals surface area contributed by atoms with Crippen molar-refractivity contribution in [2.75, 3.05) is 18.8 Å². The second-order valence-corrected chi connectivity index (χ2v) is 6.87. The molecule has 0 aliphatic rings. The minimum Gasteiger partial charge on any atom is -0.311 e. The second kappa shape index (κ2) is 7.67. The fraction of sp³-hybridized carbons (Fsp3) is 0.455. The Kier molecular flexibility index (Phi) is 6.53. The third-order valence-electron chi connectivity index (χ3n) is 2.47. The Morgan fingerprint density at radius 3 is 2.70 bits per heavy atom. The number of halogens is 1. The highest BCUT2D eigenvalue weighted by molar-refractivity contribution is 9.10. The maximum atomic E-state index is 11.4. The summed E-state index contributed by atoms with van der Waals surface area (Å²) in [5.74, 6) is -0.0643. The molecule has 0 fully saturated rings. The Balaban J connectivity index is 2.57. The maximum absolute atomic E-state index is 11.4. The van der Waals surface area contributed by atoms with Gasteiger partial charge in [-0.3, -0.25) is 10.1 Å². The molecule has 0 saturated carbocycles. The van der Waals surface area contributed by atoms with Crippen molar-refractivity contribution in [2.45, 2.75) is 13.5 Å². The molecule has 1 aromatic rings. The first-order chi connectivity index (χ1) is 9.35. The summed E-state index contributed by atoms with van der Waals surface area (Å²) in [6.45, 7) is 2.52. The highest BCUT2D eigenvalue weighted by atomic mass is 79.9. The first-order valence-corrected chi connectivity index (χ1v) is 8.41. The predicted octanol–water partition coefficient (Wildman–Crippen LogP) is 1.39. The number of hydrogen-bond acceptors (Lipinski definition) is 5. The summed E-state index contributed by atoms with van der Waals surface area (Å²) in [6, 6.07) is 4.76. The third kappa shape index (κ3) is 5.53. The zero-order chi connectivity index (χ0) is 15.2. The quantitative estimate of drug-likeness (QED) is 0.411. The number of nitro benzene ring substituents is 1. The van der Waals surface area contributed by atoms with Crippen LogP contribution in [0.15, 0.2) is 22.7 Å². The van der Waals surface area contributed by atoms with E-state index in [9.17, 15) is 18.5 Å². The van der Waals surface area contributed by atoms with Crippen LogP contribution in [0, 0.1) is 10.1 Å². The van der Waals surface area contributed by atoms with Crippen molar-refractivity contribution >= 4 is 31.6 Å². The lowest BCUT2D eigenvalue weighted by atomic mass is 10.2. The van der Waals surface area contributed by atoms with E-state index < -0.39 is 14.9 Å². The molecule has 0 aliphatic heterocycles. The fourth-order valence-electron chi connectivity index (χ4n) is 1.58. The molecule has 0 aromatic heterocycles. The van der Waals surface area contributed by atoms with Gasteiger partial charge in [-0.15, -0.1) is 0 Å². The minimum absolute atomic E-state index is 0.00131. The number of rotatable bonds is 8. The van der Waals surface area contributed by atoms with E-state index in [1.54, 1.807) is 19.1 Å². The molecule has 7 nitrogen and oxygen atoms in total. The molecule has 0 heterocycles. The second-order valence-electron chi connectivity index (χ2n) is 4.02. The van der Waals surface area contributed by atoms with E-state index in [1.165, 1.54) is 6.07 Å². The number of benzene rings is 1. The van der Waals surface area contributed by atoms with E-state index in [4.69, 9.17) is 0 Å². The SMILES string of the molecule is CCNS(=O)(=O)CCNCc1ccc(Br)cc1[N+](=O)[O-]. The molecule has 1 aromatic carbocycles. The van der Waals surface area contributed by atoms with Crippen molar-refractivity contribution in [1.82, 2.24) is 10.0 Å². The lowest BCUT2D eigenvalue weighted by Crippen LogP contribution is -2.31. The summed E-state index contributed by atoms with van der Waals surface area (Å²) in [5, 5.41) is 13.8. The summed E-state index contributed by atoms with van der Waals surface area (Å²) in [6.07, 6.45) is 0. The van der Waals surface area contributed by atoms with Crippen LogP contribution < -0.4 is 10.0 Å². The molecule has 0 spiro atoms. The van der Waals surface area contributed by atoms with Gasteiger partial charge in [0.1, 0.15) is 0 Å². The molecule has 0 unspecified atom stereocenters. The smallest absolute Gasteiger partial charge is 0.275 e. The van der Waals surface area contributed by atoms with Gasteiger partial charge in [0.25, 0.3) is 5.69 Å². The Bertz CT molecular complexity index is 577. The van der Waals surface area contributed by atoms with Crippen LogP contribution in [0.2, 0.25) is 0 Å². The van der Waals surface area contributed by atoms with Crippen molar-refractivity contribution in [2.24, 2.45) is 0 Å². The van der Waals surface area contributed by atoms with Gasteiger partial charge >= 0.3 is 0 Å². The van der Waals surface area contributed by atoms with Crippen LogP contribution in [-0.2, 0) is 16.6 Å². The van der Waals surface area contributed by atoms with E-state index in [2.05, 4.69) is 26.0 Å². The molecule has 0 radical (unpaired) electrons. The number of nitrogens with zero attached hydrogens (tertiary/aromatic N) is 1. The van der Waals surface area contributed by atoms with Crippen LogP contribution in [0.1, 0.15) is 12.5 Å². The molecule has 0 bridgehead atoms. The van der Waals surface area contributed by atoms with Gasteiger partial charge in [0, 0.05) is 35.7 Å². The Hall–Kier alpha value is -1.03. The monoisotopic (exact) mass is 365 g/mol. The lowest BCUT2D eigenvalue weighted by Gasteiger charge is -2.07. The fourth-order valence-corrected chi connectivity index (χ4v) is 2.92. The number of hydrogen-bond donors (Lipinski definition) is 2. The topological polar surface area (TPSA) is 101 Å². The third-order valence-corrected chi connectivity index (χ3v) is 4.43. The van der Waals surface area contributed by atoms with Gasteiger partial charge < -0.3 is 5.32 Å². The van der Waals surface area contributed by atoms with Crippen molar-refractivity contribution in [3.63, 3.8) is 0 Å². The Morgan fingerprint density at radius 1 is 1.40 bits per heavy atom. The van der Waals surface area contributed by atoms with E-state index in [1.807, 2.05) is 0 Å². The summed E-state index contributed by atoms with van der Waals surface area (Å²) < 4.78 is 25.8. The molecular formula is C11H16BrN3O4S. The normalized spacial score (nSPS) is 11.5. The summed E-state index contributed by atoms with van der Waals surface area (Å²) in [4.78, 5) is 10.4. The summed E-state index contributed by atoms with van der Waals surface area (Å²) >= 11 is 3.18. The molecular weight excluding hydrogens is 350 g/mol. The van der Waals surface area contributed by atoms with Crippen molar-refractivity contribution in [3.8, 4) is 0 Å². The van der Waals surface area contributed by atoms with Crippen LogP contribution in [-0.4, -0.2) is 32.2 Å². The van der Waals surface area contributed by atoms with E-state index in [0.717, 1.165) is 0 Å². The standard InChI is InChI=1S/C11H16BrN3O4S/c1-2-14-20(18,19)6-5-13-8-9-3-4-10(12)7-11(9)15(16)17/h3-4,7,13-14H,2,5-6,8H2,1H3. The van der Waals surface area contributed by atoms with Crippen molar-refractivity contribution < 1.29 is 13.3 Å². The maximum Gasteiger partial charge on any atom is 0.275 e. The molecule has 9 heteroatoms. The van der Waals surface area contributed by atoms with E-state index in [-0.39, 0.29) is 24.5 Å². The Labute approximate surface area is 126 Å². The van der Waals surface area contributed by atoms with Crippen molar-refractivity contribution in [3.05, 3.63) is 38.3 Å². The van der Waals surface area contributed by atoms with E-state index in [0.29, 0.717) is 16.6 Å². The van der Waals surface area contributed by atoms with Gasteiger partial charge in [-0.1, -0.05) is 22.9 Å². The highest BCUT2D eigenvalue weighted by Gasteiger charge is 2.14. The summed E-state index contributed by atoms with van der Waals surface area (Å²) in [5.41, 5.74) is 0.514. The van der Waals surface area contributed by atoms with Crippen LogP contribution >= 0.6 is 15.9 Å². The zero-order valence-corrected chi connectivity index (χ0v) is 13.3. The number of nitro groups is 1. The van der Waals surface area contributed by atoms with Crippen LogP contribution in [0.25, 0.3) is 0 Å². The molecule has 0 atom stereocenters. The van der Waals surface area contributed by atoms with Gasteiger partial charge in [0.05, 0.1) is 10.7 Å². The molecule has 2 N–H and O–H groups in total. The number of sulfonamides is 1. The van der Waals surface area contributed by atoms with Gasteiger partial charge in [-0.2, -0.15) is 0 Å². The molecule has 20 heavy (non-hydrogen) atoms. The van der Waals surface area contributed by atoms with Gasteiger partial charge in [0.15, 0.2) is 0 Å². The Morgan fingerprint density at radius 2 is 2.10 bits per heavy atom. The first kappa shape index (κ1) is 17.0. The zero-order valence-electron chi connectivity index (χ0n) is 10.9. The minimum atomic E-state index is -3.27. The average Bonchev–Trinajstić information content (AvgIpc) is 2.35. The van der Waals surface area contributed by atoms with Crippen LogP contribution in [0.5, 0.6) is 0 Å².